The first kappa shape index (κ1) is 32.2. The first-order chi connectivity index (χ1) is 20.1. The number of hydrogen-bond donors (Lipinski definition) is 6. The average Bonchev–Trinajstić information content (AvgIpc) is 3.40. The van der Waals surface area contributed by atoms with Gasteiger partial charge in [0.05, 0.1) is 12.1 Å². The second kappa shape index (κ2) is 15.6. The molecule has 10 N–H and O–H groups in total. The Balaban J connectivity index is 1.82. The van der Waals surface area contributed by atoms with Crippen molar-refractivity contribution in [2.24, 2.45) is 27.9 Å². The van der Waals surface area contributed by atoms with E-state index in [4.69, 9.17) is 27.5 Å². The molecule has 226 valence electrons. The smallest absolute Gasteiger partial charge is 0.237 e. The number of nitrogens with two attached hydrogens (primary N) is 4. The number of hydrogen-bond acceptors (Lipinski definition) is 9. The highest BCUT2D eigenvalue weighted by molar-refractivity contribution is 5.91. The van der Waals surface area contributed by atoms with Crippen LogP contribution in [-0.4, -0.2) is 58.1 Å². The number of amides is 1. The fourth-order valence-electron chi connectivity index (χ4n) is 4.83. The van der Waals surface area contributed by atoms with Crippen molar-refractivity contribution in [3.8, 4) is 5.75 Å². The second-order valence-corrected chi connectivity index (χ2v) is 10.5. The molecule has 0 radical (unpaired) electrons. The lowest BCUT2D eigenvalue weighted by atomic mass is 9.89. The van der Waals surface area contributed by atoms with Gasteiger partial charge in [0.2, 0.25) is 11.8 Å². The maximum absolute atomic E-state index is 13.9. The summed E-state index contributed by atoms with van der Waals surface area (Å²) in [6, 6.07) is 11.2. The van der Waals surface area contributed by atoms with E-state index in [2.05, 4.69) is 20.4 Å². The van der Waals surface area contributed by atoms with Crippen molar-refractivity contribution in [2.75, 3.05) is 13.1 Å². The van der Waals surface area contributed by atoms with Crippen LogP contribution in [0, 0.1) is 13.8 Å². The number of aliphatic imine (C=N–C) groups is 1. The van der Waals surface area contributed by atoms with Crippen molar-refractivity contribution in [1.29, 1.82) is 0 Å². The third-order valence-electron chi connectivity index (χ3n) is 7.11. The quantitative estimate of drug-likeness (QED) is 0.106. The van der Waals surface area contributed by atoms with Crippen LogP contribution in [0.1, 0.15) is 65.6 Å². The Morgan fingerprint density at radius 3 is 2.43 bits per heavy atom. The molecular weight excluding hydrogens is 536 g/mol. The highest BCUT2D eigenvalue weighted by atomic mass is 16.5. The van der Waals surface area contributed by atoms with Crippen molar-refractivity contribution < 1.29 is 19.2 Å². The van der Waals surface area contributed by atoms with E-state index >= 15 is 0 Å². The van der Waals surface area contributed by atoms with Gasteiger partial charge in [-0.25, -0.2) is 0 Å². The molecule has 1 aromatic heterocycles. The van der Waals surface area contributed by atoms with E-state index in [-0.39, 0.29) is 49.2 Å². The van der Waals surface area contributed by atoms with E-state index in [1.807, 2.05) is 44.2 Å². The Hall–Kier alpha value is -4.29. The number of phenols is 1. The molecule has 0 saturated carbocycles. The van der Waals surface area contributed by atoms with Gasteiger partial charge < -0.3 is 37.9 Å². The molecule has 0 fully saturated rings. The normalized spacial score (nSPS) is 13.2. The maximum atomic E-state index is 13.9. The zero-order valence-corrected chi connectivity index (χ0v) is 24.3. The molecule has 12 heteroatoms. The van der Waals surface area contributed by atoms with E-state index in [0.29, 0.717) is 37.5 Å². The Bertz CT molecular complexity index is 1330. The molecule has 0 aliphatic heterocycles. The summed E-state index contributed by atoms with van der Waals surface area (Å²) in [6.07, 6.45) is 2.18. The van der Waals surface area contributed by atoms with Crippen molar-refractivity contribution >= 4 is 17.6 Å². The number of carbonyl (C=O) groups is 2. The second-order valence-electron chi connectivity index (χ2n) is 10.5. The summed E-state index contributed by atoms with van der Waals surface area (Å²) in [4.78, 5) is 35.4. The number of ketones is 1. The summed E-state index contributed by atoms with van der Waals surface area (Å²) < 4.78 is 5.61. The number of carbonyl (C=O) groups excluding carboxylic acids is 2. The molecule has 0 bridgehead atoms. The SMILES string of the molecule is Cc1cc(O)cc(C)c1C[C@H](NC(=O)[C@H](N)CCN=C(N)N)C(=O)CC(CCCN)c1nc(Cc2ccccc2)no1. The van der Waals surface area contributed by atoms with Crippen LogP contribution in [0.5, 0.6) is 5.75 Å². The lowest BCUT2D eigenvalue weighted by molar-refractivity contribution is -0.128. The van der Waals surface area contributed by atoms with Gasteiger partial charge in [0, 0.05) is 31.7 Å². The molecule has 2 aromatic carbocycles. The number of guanidine groups is 1. The number of phenolic OH excluding ortho intramolecular Hbond substituents is 1. The van der Waals surface area contributed by atoms with E-state index < -0.39 is 18.0 Å². The van der Waals surface area contributed by atoms with Crippen LogP contribution >= 0.6 is 0 Å². The van der Waals surface area contributed by atoms with Crippen LogP contribution in [-0.2, 0) is 22.4 Å². The lowest BCUT2D eigenvalue weighted by Crippen LogP contribution is -2.50. The highest BCUT2D eigenvalue weighted by Gasteiger charge is 2.30. The summed E-state index contributed by atoms with van der Waals surface area (Å²) >= 11 is 0. The molecule has 1 unspecified atom stereocenters. The molecule has 3 atom stereocenters. The fraction of sp³-hybridized carbons (Fsp3) is 0.433. The zero-order chi connectivity index (χ0) is 30.6. The Labute approximate surface area is 245 Å². The number of aryl methyl sites for hydroxylation is 2. The maximum Gasteiger partial charge on any atom is 0.237 e. The molecule has 12 nitrogen and oxygen atoms in total. The topological polar surface area (TPSA) is 222 Å². The third-order valence-corrected chi connectivity index (χ3v) is 7.11. The van der Waals surface area contributed by atoms with Crippen molar-refractivity contribution in [3.63, 3.8) is 0 Å². The Morgan fingerprint density at radius 1 is 1.10 bits per heavy atom. The van der Waals surface area contributed by atoms with Crippen molar-refractivity contribution in [1.82, 2.24) is 15.5 Å². The predicted octanol–water partition coefficient (Wildman–Crippen LogP) is 1.48. The van der Waals surface area contributed by atoms with Gasteiger partial charge in [0.15, 0.2) is 17.6 Å². The summed E-state index contributed by atoms with van der Waals surface area (Å²) in [5, 5.41) is 17.0. The van der Waals surface area contributed by atoms with Crippen LogP contribution < -0.4 is 28.3 Å². The fourth-order valence-corrected chi connectivity index (χ4v) is 4.83. The number of nitrogens with one attached hydrogen (secondary N) is 1. The third kappa shape index (κ3) is 9.67. The first-order valence-corrected chi connectivity index (χ1v) is 14.1. The molecule has 0 spiro atoms. The summed E-state index contributed by atoms with van der Waals surface area (Å²) in [6.45, 7) is 4.31. The molecule has 3 rings (SSSR count). The van der Waals surface area contributed by atoms with Gasteiger partial charge in [-0.1, -0.05) is 35.5 Å². The number of Topliss-reactive ketones (excluding diaryl/α,β-unsaturated/α-hetero) is 1. The zero-order valence-electron chi connectivity index (χ0n) is 24.3. The molecular formula is C30H42N8O4. The minimum absolute atomic E-state index is 0.0529. The molecule has 1 amide bonds. The molecule has 1 heterocycles. The number of nitrogens with zero attached hydrogens (tertiary/aromatic N) is 3. The number of rotatable bonds is 16. The Morgan fingerprint density at radius 2 is 1.79 bits per heavy atom. The van der Waals surface area contributed by atoms with Gasteiger partial charge in [-0.05, 0) is 74.0 Å². The minimum Gasteiger partial charge on any atom is -0.508 e. The van der Waals surface area contributed by atoms with E-state index in [9.17, 15) is 14.7 Å². The number of aromatic nitrogens is 2. The van der Waals surface area contributed by atoms with Crippen LogP contribution in [0.2, 0.25) is 0 Å². The van der Waals surface area contributed by atoms with E-state index in [1.54, 1.807) is 12.1 Å². The predicted molar refractivity (Wildman–Crippen MR) is 161 cm³/mol. The largest absolute Gasteiger partial charge is 0.508 e. The molecule has 3 aromatic rings. The highest BCUT2D eigenvalue weighted by Crippen LogP contribution is 2.27. The van der Waals surface area contributed by atoms with Gasteiger partial charge in [0.25, 0.3) is 0 Å². The molecule has 0 saturated heterocycles. The van der Waals surface area contributed by atoms with Gasteiger partial charge in [0.1, 0.15) is 5.75 Å². The van der Waals surface area contributed by atoms with Gasteiger partial charge >= 0.3 is 0 Å². The molecule has 0 aliphatic rings. The van der Waals surface area contributed by atoms with E-state index in [0.717, 1.165) is 22.3 Å². The summed E-state index contributed by atoms with van der Waals surface area (Å²) in [5.74, 6) is -0.161. The molecule has 42 heavy (non-hydrogen) atoms. The van der Waals surface area contributed by atoms with Gasteiger partial charge in [-0.3, -0.25) is 14.6 Å². The summed E-state index contributed by atoms with van der Waals surface area (Å²) in [7, 11) is 0. The van der Waals surface area contributed by atoms with Gasteiger partial charge in [-0.2, -0.15) is 4.98 Å². The van der Waals surface area contributed by atoms with Gasteiger partial charge in [-0.15, -0.1) is 0 Å². The summed E-state index contributed by atoms with van der Waals surface area (Å²) in [5.41, 5.74) is 26.1. The van der Waals surface area contributed by atoms with Crippen molar-refractivity contribution in [2.45, 2.75) is 70.4 Å². The lowest BCUT2D eigenvalue weighted by Gasteiger charge is -2.23. The Kier molecular flexibility index (Phi) is 12.0. The van der Waals surface area contributed by atoms with Crippen molar-refractivity contribution in [3.05, 3.63) is 76.4 Å². The van der Waals surface area contributed by atoms with Crippen LogP contribution in [0.3, 0.4) is 0 Å². The molecule has 0 aliphatic carbocycles. The van der Waals surface area contributed by atoms with Crippen LogP contribution in [0.25, 0.3) is 0 Å². The monoisotopic (exact) mass is 578 g/mol. The van der Waals surface area contributed by atoms with E-state index in [1.165, 1.54) is 0 Å². The first-order valence-electron chi connectivity index (χ1n) is 14.1. The minimum atomic E-state index is -0.921. The standard InChI is InChI=1S/C30H42N8O4/c1-18-13-22(39)14-19(2)23(18)17-25(36-28(41)24(32)10-12-35-30(33)34)26(40)16-21(9-6-11-31)29-37-27(38-42-29)15-20-7-4-3-5-8-20/h3-5,7-8,13-14,21,24-25,39H,6,9-12,15-17,31-32H2,1-2H3,(H,36,41)(H4,33,34,35)/t21?,24-,25+/m1/s1. The van der Waals surface area contributed by atoms with Crippen LogP contribution in [0.15, 0.2) is 52.0 Å². The average molecular weight is 579 g/mol. The number of aromatic hydroxyl groups is 1. The number of benzene rings is 2. The van der Waals surface area contributed by atoms with Crippen LogP contribution in [0.4, 0.5) is 0 Å².